The molecule has 0 radical (unpaired) electrons. The predicted molar refractivity (Wildman–Crippen MR) is 139 cm³/mol. The first-order chi connectivity index (χ1) is 16.2. The molecule has 0 aliphatic heterocycles. The van der Waals surface area contributed by atoms with Gasteiger partial charge in [-0.2, -0.15) is 0 Å². The Hall–Kier alpha value is -3.30. The third kappa shape index (κ3) is 6.36. The Morgan fingerprint density at radius 1 is 0.697 bits per heavy atom. The smallest absolute Gasteiger partial charge is 0.227 e. The molecule has 0 unspecified atom stereocenters. The SMILES string of the molecule is CCSc1ccc(-c2ccccc2CC(=O)N(Cc2ccccc2)Cc2ccccc2)cc1. The molecule has 166 valence electrons. The summed E-state index contributed by atoms with van der Waals surface area (Å²) in [4.78, 5) is 16.8. The van der Waals surface area contributed by atoms with Crippen LogP contribution in [0.1, 0.15) is 23.6 Å². The molecule has 0 N–H and O–H groups in total. The van der Waals surface area contributed by atoms with Crippen LogP contribution >= 0.6 is 11.8 Å². The lowest BCUT2D eigenvalue weighted by Gasteiger charge is -2.24. The largest absolute Gasteiger partial charge is 0.334 e. The van der Waals surface area contributed by atoms with Crippen LogP contribution in [0.4, 0.5) is 0 Å². The first-order valence-corrected chi connectivity index (χ1v) is 12.4. The molecule has 3 heteroatoms. The Kier molecular flexibility index (Phi) is 7.99. The van der Waals surface area contributed by atoms with E-state index in [4.69, 9.17) is 0 Å². The number of hydrogen-bond acceptors (Lipinski definition) is 2. The minimum atomic E-state index is 0.133. The monoisotopic (exact) mass is 451 g/mol. The summed E-state index contributed by atoms with van der Waals surface area (Å²) >= 11 is 1.84. The van der Waals surface area contributed by atoms with Crippen molar-refractivity contribution in [2.24, 2.45) is 0 Å². The van der Waals surface area contributed by atoms with Crippen molar-refractivity contribution in [3.8, 4) is 11.1 Å². The Balaban J connectivity index is 1.57. The van der Waals surface area contributed by atoms with Crippen molar-refractivity contribution in [1.29, 1.82) is 0 Å². The average molecular weight is 452 g/mol. The molecule has 0 spiro atoms. The number of amides is 1. The van der Waals surface area contributed by atoms with E-state index in [0.717, 1.165) is 33.6 Å². The van der Waals surface area contributed by atoms with Gasteiger partial charge in [-0.05, 0) is 45.7 Å². The summed E-state index contributed by atoms with van der Waals surface area (Å²) < 4.78 is 0. The van der Waals surface area contributed by atoms with Gasteiger partial charge in [-0.25, -0.2) is 0 Å². The Morgan fingerprint density at radius 3 is 1.82 bits per heavy atom. The third-order valence-electron chi connectivity index (χ3n) is 5.62. The second kappa shape index (κ2) is 11.5. The maximum Gasteiger partial charge on any atom is 0.227 e. The van der Waals surface area contributed by atoms with Crippen molar-refractivity contribution in [3.63, 3.8) is 0 Å². The molecule has 2 nitrogen and oxygen atoms in total. The number of rotatable bonds is 9. The zero-order valence-electron chi connectivity index (χ0n) is 19.0. The second-order valence-corrected chi connectivity index (χ2v) is 9.35. The van der Waals surface area contributed by atoms with Gasteiger partial charge in [0, 0.05) is 18.0 Å². The standard InChI is InChI=1S/C30H29NOS/c1-2-33-28-19-17-26(18-20-28)29-16-10-9-15-27(29)21-30(32)31(22-24-11-5-3-6-12-24)23-25-13-7-4-8-14-25/h3-20H,2,21-23H2,1H3. The molecule has 0 aliphatic rings. The minimum absolute atomic E-state index is 0.133. The van der Waals surface area contributed by atoms with E-state index >= 15 is 0 Å². The van der Waals surface area contributed by atoms with Crippen molar-refractivity contribution in [3.05, 3.63) is 126 Å². The van der Waals surface area contributed by atoms with E-state index in [1.165, 1.54) is 4.90 Å². The van der Waals surface area contributed by atoms with E-state index in [1.54, 1.807) is 0 Å². The fourth-order valence-electron chi connectivity index (χ4n) is 3.97. The molecule has 0 aromatic heterocycles. The zero-order valence-corrected chi connectivity index (χ0v) is 19.8. The van der Waals surface area contributed by atoms with Crippen molar-refractivity contribution in [2.45, 2.75) is 31.3 Å². The third-order valence-corrected chi connectivity index (χ3v) is 6.51. The van der Waals surface area contributed by atoms with Crippen LogP contribution in [0.3, 0.4) is 0 Å². The number of carbonyl (C=O) groups excluding carboxylic acids is 1. The van der Waals surface area contributed by atoms with Gasteiger partial charge in [-0.3, -0.25) is 4.79 Å². The lowest BCUT2D eigenvalue weighted by molar-refractivity contribution is -0.131. The minimum Gasteiger partial charge on any atom is -0.334 e. The summed E-state index contributed by atoms with van der Waals surface area (Å²) in [6.45, 7) is 3.36. The van der Waals surface area contributed by atoms with Gasteiger partial charge in [-0.15, -0.1) is 11.8 Å². The van der Waals surface area contributed by atoms with Crippen LogP contribution in [0.15, 0.2) is 114 Å². The van der Waals surface area contributed by atoms with Gasteiger partial charge in [-0.1, -0.05) is 104 Å². The van der Waals surface area contributed by atoms with Crippen LogP contribution in [-0.4, -0.2) is 16.6 Å². The van der Waals surface area contributed by atoms with Crippen LogP contribution in [0.2, 0.25) is 0 Å². The highest BCUT2D eigenvalue weighted by Gasteiger charge is 2.17. The number of thioether (sulfide) groups is 1. The van der Waals surface area contributed by atoms with Crippen LogP contribution in [0.25, 0.3) is 11.1 Å². The molecule has 33 heavy (non-hydrogen) atoms. The van der Waals surface area contributed by atoms with Crippen molar-refractivity contribution in [1.82, 2.24) is 4.90 Å². The number of nitrogens with zero attached hydrogens (tertiary/aromatic N) is 1. The summed E-state index contributed by atoms with van der Waals surface area (Å²) in [6, 6.07) is 37.3. The van der Waals surface area contributed by atoms with Gasteiger partial charge < -0.3 is 4.90 Å². The molecule has 1 amide bonds. The number of hydrogen-bond donors (Lipinski definition) is 0. The fourth-order valence-corrected chi connectivity index (χ4v) is 4.63. The molecular formula is C30H29NOS. The topological polar surface area (TPSA) is 20.3 Å². The highest BCUT2D eigenvalue weighted by molar-refractivity contribution is 7.99. The van der Waals surface area contributed by atoms with Crippen LogP contribution in [0.5, 0.6) is 0 Å². The fraction of sp³-hybridized carbons (Fsp3) is 0.167. The zero-order chi connectivity index (χ0) is 22.9. The first kappa shape index (κ1) is 22.9. The quantitative estimate of drug-likeness (QED) is 0.250. The maximum atomic E-state index is 13.6. The number of benzene rings is 4. The average Bonchev–Trinajstić information content (AvgIpc) is 2.86. The molecule has 4 aromatic carbocycles. The van der Waals surface area contributed by atoms with Gasteiger partial charge in [0.25, 0.3) is 0 Å². The van der Waals surface area contributed by atoms with Gasteiger partial charge >= 0.3 is 0 Å². The van der Waals surface area contributed by atoms with Crippen LogP contribution < -0.4 is 0 Å². The van der Waals surface area contributed by atoms with E-state index in [0.29, 0.717) is 19.5 Å². The van der Waals surface area contributed by atoms with Crippen molar-refractivity contribution < 1.29 is 4.79 Å². The summed E-state index contributed by atoms with van der Waals surface area (Å²) in [5.74, 6) is 1.19. The molecule has 0 heterocycles. The predicted octanol–water partition coefficient (Wildman–Crippen LogP) is 7.24. The summed E-state index contributed by atoms with van der Waals surface area (Å²) in [7, 11) is 0. The molecule has 4 aromatic rings. The van der Waals surface area contributed by atoms with Gasteiger partial charge in [0.05, 0.1) is 6.42 Å². The molecule has 4 rings (SSSR count). The lowest BCUT2D eigenvalue weighted by atomic mass is 9.97. The normalized spacial score (nSPS) is 10.7. The Labute approximate surface area is 201 Å². The highest BCUT2D eigenvalue weighted by Crippen LogP contribution is 2.27. The molecule has 0 atom stereocenters. The molecule has 0 bridgehead atoms. The van der Waals surface area contributed by atoms with Gasteiger partial charge in [0.2, 0.25) is 5.91 Å². The van der Waals surface area contributed by atoms with E-state index in [9.17, 15) is 4.79 Å². The number of carbonyl (C=O) groups is 1. The maximum absolute atomic E-state index is 13.6. The van der Waals surface area contributed by atoms with Crippen molar-refractivity contribution in [2.75, 3.05) is 5.75 Å². The Morgan fingerprint density at radius 2 is 1.24 bits per heavy atom. The van der Waals surface area contributed by atoms with E-state index < -0.39 is 0 Å². The van der Waals surface area contributed by atoms with Gasteiger partial charge in [0.1, 0.15) is 0 Å². The summed E-state index contributed by atoms with van der Waals surface area (Å²) in [5.41, 5.74) is 5.61. The molecule has 0 aliphatic carbocycles. The molecular weight excluding hydrogens is 422 g/mol. The van der Waals surface area contributed by atoms with Crippen LogP contribution in [0, 0.1) is 0 Å². The highest BCUT2D eigenvalue weighted by atomic mass is 32.2. The second-order valence-electron chi connectivity index (χ2n) is 8.01. The van der Waals surface area contributed by atoms with E-state index in [-0.39, 0.29) is 5.91 Å². The molecule has 0 fully saturated rings. The van der Waals surface area contributed by atoms with Crippen molar-refractivity contribution >= 4 is 17.7 Å². The van der Waals surface area contributed by atoms with E-state index in [2.05, 4.69) is 67.6 Å². The summed E-state index contributed by atoms with van der Waals surface area (Å²) in [5, 5.41) is 0. The molecule has 0 saturated heterocycles. The van der Waals surface area contributed by atoms with Gasteiger partial charge in [0.15, 0.2) is 0 Å². The summed E-state index contributed by atoms with van der Waals surface area (Å²) in [6.07, 6.45) is 0.376. The first-order valence-electron chi connectivity index (χ1n) is 11.4. The Bertz CT molecular complexity index is 1120. The van der Waals surface area contributed by atoms with E-state index in [1.807, 2.05) is 65.2 Å². The lowest BCUT2D eigenvalue weighted by Crippen LogP contribution is -2.31. The van der Waals surface area contributed by atoms with Crippen LogP contribution in [-0.2, 0) is 24.3 Å². The molecule has 0 saturated carbocycles.